The van der Waals surface area contributed by atoms with Crippen molar-refractivity contribution in [3.05, 3.63) is 36.4 Å². The molecule has 1 aromatic carbocycles. The smallest absolute Gasteiger partial charge is 0.354 e. The molecular formula is C12H13N4O4S. The van der Waals surface area contributed by atoms with Crippen LogP contribution in [0.25, 0.3) is 10.9 Å². The van der Waals surface area contributed by atoms with Gasteiger partial charge in [0.15, 0.2) is 0 Å². The minimum atomic E-state index is -4.24. The van der Waals surface area contributed by atoms with Crippen molar-refractivity contribution in [2.75, 3.05) is 4.72 Å². The highest BCUT2D eigenvalue weighted by atomic mass is 32.2. The van der Waals surface area contributed by atoms with E-state index in [2.05, 4.69) is 9.71 Å². The number of fused-ring (bicyclic) bond motifs is 1. The summed E-state index contributed by atoms with van der Waals surface area (Å²) >= 11 is 0. The van der Waals surface area contributed by atoms with Crippen LogP contribution in [0.4, 0.5) is 10.5 Å². The summed E-state index contributed by atoms with van der Waals surface area (Å²) in [5.41, 5.74) is 11.5. The van der Waals surface area contributed by atoms with Gasteiger partial charge in [-0.15, -0.1) is 0 Å². The third-order valence-electron chi connectivity index (χ3n) is 2.81. The fourth-order valence-electron chi connectivity index (χ4n) is 1.83. The molecule has 1 radical (unpaired) electrons. The van der Waals surface area contributed by atoms with E-state index in [4.69, 9.17) is 11.5 Å². The topological polar surface area (TPSA) is 148 Å². The number of H-pyrrole nitrogens is 1. The maximum absolute atomic E-state index is 11.4. The summed E-state index contributed by atoms with van der Waals surface area (Å²) in [7, 11) is -4.24. The van der Waals surface area contributed by atoms with Gasteiger partial charge in [-0.2, -0.15) is 8.42 Å². The summed E-state index contributed by atoms with van der Waals surface area (Å²) in [5, 5.41) is -0.754. The van der Waals surface area contributed by atoms with Gasteiger partial charge in [-0.3, -0.25) is 14.3 Å². The Hall–Kier alpha value is -2.55. The monoisotopic (exact) mass is 309 g/mol. The SMILES string of the molecule is NC(=O)[CH]Cc1c[nH]c2ccc(NS(=O)(=O)C(N)=O)cc12. The van der Waals surface area contributed by atoms with Crippen molar-refractivity contribution >= 4 is 37.8 Å². The Morgan fingerprint density at radius 1 is 1.29 bits per heavy atom. The molecule has 0 spiro atoms. The van der Waals surface area contributed by atoms with Crippen LogP contribution in [0.1, 0.15) is 5.56 Å². The van der Waals surface area contributed by atoms with E-state index in [0.717, 1.165) is 11.1 Å². The van der Waals surface area contributed by atoms with E-state index >= 15 is 0 Å². The summed E-state index contributed by atoms with van der Waals surface area (Å²) in [6, 6.07) is 4.67. The number of aromatic amines is 1. The molecule has 0 bridgehead atoms. The average Bonchev–Trinajstić information content (AvgIpc) is 2.78. The van der Waals surface area contributed by atoms with Crippen LogP contribution < -0.4 is 16.2 Å². The number of nitrogens with one attached hydrogen (secondary N) is 2. The van der Waals surface area contributed by atoms with Crippen LogP contribution >= 0.6 is 0 Å². The standard InChI is InChI=1S/C12H13N4O4S/c13-11(17)4-1-7-6-15-10-3-2-8(5-9(7)10)16-21(19,20)12(14)18/h2-6,15-16H,1H2,(H2,13,17)(H2,14,18). The van der Waals surface area contributed by atoms with Crippen LogP contribution in [0, 0.1) is 6.42 Å². The molecule has 8 nitrogen and oxygen atoms in total. The predicted molar refractivity (Wildman–Crippen MR) is 77.6 cm³/mol. The number of hydrogen-bond acceptors (Lipinski definition) is 4. The lowest BCUT2D eigenvalue weighted by Gasteiger charge is -2.05. The Balaban J connectivity index is 2.34. The van der Waals surface area contributed by atoms with Gasteiger partial charge in [-0.05, 0) is 30.2 Å². The van der Waals surface area contributed by atoms with Crippen molar-refractivity contribution in [1.29, 1.82) is 0 Å². The molecule has 0 aliphatic carbocycles. The van der Waals surface area contributed by atoms with Crippen molar-refractivity contribution in [2.45, 2.75) is 6.42 Å². The first-order valence-electron chi connectivity index (χ1n) is 5.84. The minimum Gasteiger partial charge on any atom is -0.369 e. The molecule has 1 heterocycles. The number of sulfonamides is 1. The van der Waals surface area contributed by atoms with Gasteiger partial charge in [-0.25, -0.2) is 0 Å². The zero-order chi connectivity index (χ0) is 15.6. The molecular weight excluding hydrogens is 296 g/mol. The third-order valence-corrected chi connectivity index (χ3v) is 3.84. The molecule has 6 N–H and O–H groups in total. The normalized spacial score (nSPS) is 11.4. The number of hydrogen-bond donors (Lipinski definition) is 4. The van der Waals surface area contributed by atoms with Crippen molar-refractivity contribution in [2.24, 2.45) is 11.5 Å². The second kappa shape index (κ2) is 5.44. The highest BCUT2D eigenvalue weighted by Gasteiger charge is 2.18. The largest absolute Gasteiger partial charge is 0.369 e. The first-order chi connectivity index (χ1) is 9.79. The zero-order valence-corrected chi connectivity index (χ0v) is 11.6. The van der Waals surface area contributed by atoms with E-state index in [0.29, 0.717) is 11.8 Å². The number of primary amides is 2. The predicted octanol–water partition coefficient (Wildman–Crippen LogP) is 0.220. The quantitative estimate of drug-likeness (QED) is 0.625. The third kappa shape index (κ3) is 3.31. The second-order valence-electron chi connectivity index (χ2n) is 4.31. The van der Waals surface area contributed by atoms with E-state index in [1.165, 1.54) is 18.6 Å². The van der Waals surface area contributed by atoms with Gasteiger partial charge < -0.3 is 16.5 Å². The number of nitrogens with two attached hydrogens (primary N) is 2. The summed E-state index contributed by atoms with van der Waals surface area (Å²) in [4.78, 5) is 24.5. The van der Waals surface area contributed by atoms with Gasteiger partial charge in [-0.1, -0.05) is 0 Å². The van der Waals surface area contributed by atoms with E-state index < -0.39 is 21.2 Å². The molecule has 9 heteroatoms. The number of benzene rings is 1. The maximum Gasteiger partial charge on any atom is 0.354 e. The highest BCUT2D eigenvalue weighted by molar-refractivity contribution is 8.07. The van der Waals surface area contributed by atoms with Crippen LogP contribution in [0.15, 0.2) is 24.4 Å². The molecule has 0 unspecified atom stereocenters. The average molecular weight is 309 g/mol. The molecule has 2 amide bonds. The molecule has 0 aliphatic heterocycles. The van der Waals surface area contributed by atoms with E-state index in [1.54, 1.807) is 12.3 Å². The Kier molecular flexibility index (Phi) is 3.85. The molecule has 0 fully saturated rings. The van der Waals surface area contributed by atoms with E-state index in [1.807, 2.05) is 0 Å². The van der Waals surface area contributed by atoms with Gasteiger partial charge in [0.2, 0.25) is 5.91 Å². The molecule has 0 atom stereocenters. The molecule has 0 aliphatic rings. The summed E-state index contributed by atoms with van der Waals surface area (Å²) in [5.74, 6) is -0.546. The number of amides is 2. The minimum absolute atomic E-state index is 0.196. The van der Waals surface area contributed by atoms with Crippen LogP contribution in [-0.4, -0.2) is 24.5 Å². The van der Waals surface area contributed by atoms with Crippen molar-refractivity contribution in [3.8, 4) is 0 Å². The van der Waals surface area contributed by atoms with E-state index in [-0.39, 0.29) is 5.69 Å². The van der Waals surface area contributed by atoms with Gasteiger partial charge in [0.1, 0.15) is 0 Å². The summed E-state index contributed by atoms with van der Waals surface area (Å²) < 4.78 is 24.9. The van der Waals surface area contributed by atoms with Crippen molar-refractivity contribution in [3.63, 3.8) is 0 Å². The van der Waals surface area contributed by atoms with Crippen molar-refractivity contribution < 1.29 is 18.0 Å². The Bertz CT molecular complexity index is 810. The lowest BCUT2D eigenvalue weighted by Crippen LogP contribution is -2.28. The molecule has 0 saturated carbocycles. The Morgan fingerprint density at radius 2 is 2.00 bits per heavy atom. The molecule has 21 heavy (non-hydrogen) atoms. The highest BCUT2D eigenvalue weighted by Crippen LogP contribution is 2.23. The van der Waals surface area contributed by atoms with Crippen LogP contribution in [0.5, 0.6) is 0 Å². The first-order valence-corrected chi connectivity index (χ1v) is 7.33. The molecule has 2 aromatic rings. The maximum atomic E-state index is 11.4. The van der Waals surface area contributed by atoms with E-state index in [9.17, 15) is 18.0 Å². The molecule has 2 rings (SSSR count). The number of carbonyl (C=O) groups excluding carboxylic acids is 2. The fraction of sp³-hybridized carbons (Fsp3) is 0.0833. The van der Waals surface area contributed by atoms with Gasteiger partial charge >= 0.3 is 15.3 Å². The zero-order valence-electron chi connectivity index (χ0n) is 10.8. The van der Waals surface area contributed by atoms with Crippen LogP contribution in [-0.2, 0) is 21.2 Å². The lowest BCUT2D eigenvalue weighted by atomic mass is 10.1. The van der Waals surface area contributed by atoms with Crippen LogP contribution in [0.2, 0.25) is 0 Å². The summed E-state index contributed by atoms with van der Waals surface area (Å²) in [6.45, 7) is 0. The number of carbonyl (C=O) groups is 2. The number of anilines is 1. The van der Waals surface area contributed by atoms with Gasteiger partial charge in [0, 0.05) is 22.8 Å². The fourth-order valence-corrected chi connectivity index (χ4v) is 2.36. The van der Waals surface area contributed by atoms with Gasteiger partial charge in [0.05, 0.1) is 6.42 Å². The number of aromatic nitrogens is 1. The molecule has 0 saturated heterocycles. The lowest BCUT2D eigenvalue weighted by molar-refractivity contribution is -0.115. The Labute approximate surface area is 120 Å². The van der Waals surface area contributed by atoms with Gasteiger partial charge in [0.25, 0.3) is 0 Å². The number of rotatable bonds is 5. The molecule has 1 aromatic heterocycles. The first kappa shape index (κ1) is 14.9. The second-order valence-corrected chi connectivity index (χ2v) is 5.92. The van der Waals surface area contributed by atoms with Crippen molar-refractivity contribution in [1.82, 2.24) is 4.98 Å². The Morgan fingerprint density at radius 3 is 2.62 bits per heavy atom. The van der Waals surface area contributed by atoms with Crippen LogP contribution in [0.3, 0.4) is 0 Å². The molecule has 111 valence electrons. The summed E-state index contributed by atoms with van der Waals surface area (Å²) in [6.07, 6.45) is 3.31.